The predicted octanol–water partition coefficient (Wildman–Crippen LogP) is 1.74. The van der Waals surface area contributed by atoms with Crippen LogP contribution in [-0.2, 0) is 0 Å². The molecule has 56 valence electrons. The van der Waals surface area contributed by atoms with Crippen molar-refractivity contribution >= 4 is 0 Å². The molecular formula is C10H6N2. The van der Waals surface area contributed by atoms with E-state index < -0.39 is 0 Å². The van der Waals surface area contributed by atoms with Gasteiger partial charge in [0, 0.05) is 12.3 Å². The van der Waals surface area contributed by atoms with Crippen LogP contribution in [0.3, 0.4) is 0 Å². The number of nitrogens with zero attached hydrogens (tertiary/aromatic N) is 2. The number of aromatic nitrogens is 2. The fraction of sp³-hybridized carbons (Fsp3) is 0. The van der Waals surface area contributed by atoms with Crippen molar-refractivity contribution in [1.82, 2.24) is 9.97 Å². The molecular weight excluding hydrogens is 148 g/mol. The van der Waals surface area contributed by atoms with Gasteiger partial charge < -0.3 is 0 Å². The molecule has 0 aliphatic heterocycles. The zero-order valence-electron chi connectivity index (χ0n) is 6.36. The lowest BCUT2D eigenvalue weighted by atomic mass is 10.2. The highest BCUT2D eigenvalue weighted by molar-refractivity contribution is 5.51. The summed E-state index contributed by atoms with van der Waals surface area (Å²) >= 11 is 0. The normalized spacial score (nSPS) is 9.00. The third-order valence-electron chi connectivity index (χ3n) is 1.49. The van der Waals surface area contributed by atoms with Gasteiger partial charge in [-0.25, -0.2) is 4.98 Å². The molecule has 0 fully saturated rings. The molecule has 0 atom stereocenters. The second kappa shape index (κ2) is 3.02. The van der Waals surface area contributed by atoms with Gasteiger partial charge in [-0.15, -0.1) is 0 Å². The summed E-state index contributed by atoms with van der Waals surface area (Å²) in [7, 11) is 0. The van der Waals surface area contributed by atoms with E-state index in [4.69, 9.17) is 0 Å². The molecule has 0 saturated heterocycles. The van der Waals surface area contributed by atoms with Gasteiger partial charge in [0.05, 0.1) is 17.6 Å². The fourth-order valence-electron chi connectivity index (χ4n) is 0.941. The first-order valence-electron chi connectivity index (χ1n) is 3.62. The van der Waals surface area contributed by atoms with E-state index in [1.165, 1.54) is 0 Å². The molecule has 0 aliphatic rings. The Labute approximate surface area is 70.9 Å². The van der Waals surface area contributed by atoms with Gasteiger partial charge in [0.1, 0.15) is 0 Å². The molecule has 2 nitrogen and oxygen atoms in total. The average Bonchev–Trinajstić information content (AvgIpc) is 2.21. The summed E-state index contributed by atoms with van der Waals surface area (Å²) in [5, 5.41) is 0. The maximum Gasteiger partial charge on any atom is 0.0977 e. The highest BCUT2D eigenvalue weighted by Gasteiger charge is 1.95. The van der Waals surface area contributed by atoms with Crippen LogP contribution in [0.2, 0.25) is 0 Å². The first-order chi connectivity index (χ1) is 5.97. The Morgan fingerprint density at radius 3 is 2.67 bits per heavy atom. The van der Waals surface area contributed by atoms with Crippen molar-refractivity contribution in [1.29, 1.82) is 0 Å². The van der Waals surface area contributed by atoms with Crippen LogP contribution in [0.25, 0.3) is 11.4 Å². The van der Waals surface area contributed by atoms with Gasteiger partial charge in [-0.05, 0) is 18.2 Å². The predicted molar refractivity (Wildman–Crippen MR) is 45.1 cm³/mol. The van der Waals surface area contributed by atoms with Crippen LogP contribution in [0.1, 0.15) is 0 Å². The minimum atomic E-state index is 0.828. The number of hydrogen-bond acceptors (Lipinski definition) is 2. The minimum Gasteiger partial charge on any atom is -0.255 e. The number of pyridine rings is 1. The highest BCUT2D eigenvalue weighted by Crippen LogP contribution is 2.09. The smallest absolute Gasteiger partial charge is 0.0977 e. The van der Waals surface area contributed by atoms with Crippen LogP contribution in [0.4, 0.5) is 0 Å². The van der Waals surface area contributed by atoms with Crippen molar-refractivity contribution in [3.63, 3.8) is 0 Å². The van der Waals surface area contributed by atoms with Crippen molar-refractivity contribution in [3.8, 4) is 11.4 Å². The number of rotatable bonds is 1. The number of hydrogen-bond donors (Lipinski definition) is 0. The van der Waals surface area contributed by atoms with Crippen LogP contribution in [0.15, 0.2) is 36.7 Å². The van der Waals surface area contributed by atoms with Crippen LogP contribution in [0.5, 0.6) is 0 Å². The maximum atomic E-state index is 4.15. The summed E-state index contributed by atoms with van der Waals surface area (Å²) in [5.41, 5.74) is 1.69. The second-order valence-corrected chi connectivity index (χ2v) is 2.29. The van der Waals surface area contributed by atoms with Crippen LogP contribution in [0, 0.1) is 12.1 Å². The van der Waals surface area contributed by atoms with E-state index in [9.17, 15) is 0 Å². The van der Waals surface area contributed by atoms with Gasteiger partial charge >= 0.3 is 0 Å². The summed E-state index contributed by atoms with van der Waals surface area (Å²) in [6.45, 7) is 0. The van der Waals surface area contributed by atoms with E-state index >= 15 is 0 Å². The lowest BCUT2D eigenvalue weighted by Crippen LogP contribution is -1.83. The molecule has 0 spiro atoms. The van der Waals surface area contributed by atoms with Gasteiger partial charge in [0.25, 0.3) is 0 Å². The van der Waals surface area contributed by atoms with E-state index in [2.05, 4.69) is 22.1 Å². The zero-order valence-corrected chi connectivity index (χ0v) is 6.36. The van der Waals surface area contributed by atoms with Crippen molar-refractivity contribution in [2.75, 3.05) is 0 Å². The molecule has 2 aromatic heterocycles. The Bertz CT molecular complexity index is 305. The summed E-state index contributed by atoms with van der Waals surface area (Å²) in [5.74, 6) is 0. The topological polar surface area (TPSA) is 25.8 Å². The maximum absolute atomic E-state index is 4.15. The first kappa shape index (κ1) is 6.81. The molecule has 0 aromatic carbocycles. The Balaban J connectivity index is 2.46. The Morgan fingerprint density at radius 2 is 2.00 bits per heavy atom. The standard InChI is InChI=1S/C10H6N2/c1-3-7-11-9(5-1)10-6-2-4-8-12-10/h1,3,5-8H. The molecule has 2 rings (SSSR count). The molecule has 0 amide bonds. The SMILES string of the molecule is c1cnc(-c2ccccn2)cc#1. The van der Waals surface area contributed by atoms with Crippen LogP contribution < -0.4 is 0 Å². The molecule has 0 saturated carbocycles. The summed E-state index contributed by atoms with van der Waals surface area (Å²) in [4.78, 5) is 8.25. The van der Waals surface area contributed by atoms with E-state index in [1.54, 1.807) is 18.5 Å². The summed E-state index contributed by atoms with van der Waals surface area (Å²) in [6, 6.07) is 13.1. The minimum absolute atomic E-state index is 0.828. The van der Waals surface area contributed by atoms with Crippen molar-refractivity contribution < 1.29 is 0 Å². The van der Waals surface area contributed by atoms with Crippen LogP contribution in [-0.4, -0.2) is 9.97 Å². The highest BCUT2D eigenvalue weighted by atomic mass is 14.7. The van der Waals surface area contributed by atoms with E-state index in [0.717, 1.165) is 11.4 Å². The quantitative estimate of drug-likeness (QED) is 0.625. The van der Waals surface area contributed by atoms with Gasteiger partial charge in [-0.2, -0.15) is 0 Å². The summed E-state index contributed by atoms with van der Waals surface area (Å²) < 4.78 is 0. The summed E-state index contributed by atoms with van der Waals surface area (Å²) in [6.07, 6.45) is 3.33. The van der Waals surface area contributed by atoms with Gasteiger partial charge in [0.2, 0.25) is 0 Å². The monoisotopic (exact) mass is 154 g/mol. The molecule has 0 aliphatic carbocycles. The van der Waals surface area contributed by atoms with Crippen LogP contribution >= 0.6 is 0 Å². The van der Waals surface area contributed by atoms with Crippen molar-refractivity contribution in [3.05, 3.63) is 48.8 Å². The fourth-order valence-corrected chi connectivity index (χ4v) is 0.941. The molecule has 0 N–H and O–H groups in total. The third-order valence-corrected chi connectivity index (χ3v) is 1.49. The molecule has 2 heterocycles. The van der Waals surface area contributed by atoms with E-state index in [1.807, 2.05) is 18.2 Å². The largest absolute Gasteiger partial charge is 0.255 e. The molecule has 0 radical (unpaired) electrons. The third kappa shape index (κ3) is 1.25. The molecule has 0 bridgehead atoms. The van der Waals surface area contributed by atoms with Crippen molar-refractivity contribution in [2.24, 2.45) is 0 Å². The zero-order chi connectivity index (χ0) is 8.23. The molecule has 2 heteroatoms. The Hall–Kier alpha value is -1.88. The first-order valence-corrected chi connectivity index (χ1v) is 3.62. The lowest BCUT2D eigenvalue weighted by molar-refractivity contribution is 1.25. The lowest BCUT2D eigenvalue weighted by Gasteiger charge is -1.94. The Kier molecular flexibility index (Phi) is 1.71. The molecule has 12 heavy (non-hydrogen) atoms. The Morgan fingerprint density at radius 1 is 1.00 bits per heavy atom. The average molecular weight is 154 g/mol. The van der Waals surface area contributed by atoms with Crippen molar-refractivity contribution in [2.45, 2.75) is 0 Å². The van der Waals surface area contributed by atoms with Gasteiger partial charge in [0.15, 0.2) is 0 Å². The van der Waals surface area contributed by atoms with Gasteiger partial charge in [-0.1, -0.05) is 12.1 Å². The second-order valence-electron chi connectivity index (χ2n) is 2.29. The van der Waals surface area contributed by atoms with E-state index in [0.29, 0.717) is 0 Å². The van der Waals surface area contributed by atoms with Gasteiger partial charge in [-0.3, -0.25) is 4.98 Å². The molecule has 0 unspecified atom stereocenters. The molecule has 2 aromatic rings. The van der Waals surface area contributed by atoms with E-state index in [-0.39, 0.29) is 0 Å².